The summed E-state index contributed by atoms with van der Waals surface area (Å²) in [5.41, 5.74) is 12.4. The monoisotopic (exact) mass is 462 g/mol. The summed E-state index contributed by atoms with van der Waals surface area (Å²) in [6.07, 6.45) is 3.39. The summed E-state index contributed by atoms with van der Waals surface area (Å²) in [7, 11) is 0. The molecule has 5 aromatic rings. The Kier molecular flexibility index (Phi) is 6.22. The van der Waals surface area contributed by atoms with E-state index in [2.05, 4.69) is 22.6 Å². The molecule has 7 nitrogen and oxygen atoms in total. The first kappa shape index (κ1) is 22.3. The quantitative estimate of drug-likeness (QED) is 0.270. The number of amides is 1. The Morgan fingerprint density at radius 1 is 0.971 bits per heavy atom. The number of carbonyl (C=O) groups excluding carboxylic acids is 1. The molecule has 0 aliphatic carbocycles. The molecule has 3 N–H and O–H groups in total. The minimum absolute atomic E-state index is 0.208. The predicted molar refractivity (Wildman–Crippen MR) is 141 cm³/mol. The molecule has 2 aromatic heterocycles. The van der Waals surface area contributed by atoms with Crippen molar-refractivity contribution in [2.75, 3.05) is 12.3 Å². The Bertz CT molecular complexity index is 1520. The highest BCUT2D eigenvalue weighted by molar-refractivity contribution is 6.10. The molecule has 0 fully saturated rings. The molecule has 174 valence electrons. The molecule has 5 rings (SSSR count). The van der Waals surface area contributed by atoms with E-state index in [1.165, 1.54) is 10.2 Å². The zero-order chi connectivity index (χ0) is 24.2. The van der Waals surface area contributed by atoms with E-state index in [0.29, 0.717) is 34.3 Å². The summed E-state index contributed by atoms with van der Waals surface area (Å²) in [5.74, 6) is -0.0753. The van der Waals surface area contributed by atoms with Crippen molar-refractivity contribution in [1.82, 2.24) is 20.0 Å². The number of nitrogens with two attached hydrogens (primary N) is 1. The zero-order valence-corrected chi connectivity index (χ0v) is 19.5. The maximum atomic E-state index is 13.2. The summed E-state index contributed by atoms with van der Waals surface area (Å²) >= 11 is 0. The van der Waals surface area contributed by atoms with Crippen LogP contribution in [0.5, 0.6) is 0 Å². The summed E-state index contributed by atoms with van der Waals surface area (Å²) in [6.45, 7) is 2.55. The van der Waals surface area contributed by atoms with E-state index in [4.69, 9.17) is 15.7 Å². The Balaban J connectivity index is 1.47. The van der Waals surface area contributed by atoms with Gasteiger partial charge in [-0.1, -0.05) is 72.3 Å². The number of nitrogens with one attached hydrogen (secondary N) is 1. The van der Waals surface area contributed by atoms with Gasteiger partial charge in [0.15, 0.2) is 5.65 Å². The Morgan fingerprint density at radius 2 is 1.66 bits per heavy atom. The minimum atomic E-state index is -0.283. The van der Waals surface area contributed by atoms with Crippen LogP contribution in [-0.4, -0.2) is 33.3 Å². The number of rotatable bonds is 7. The number of fused-ring (bicyclic) bond motifs is 2. The molecule has 0 aliphatic rings. The topological polar surface area (TPSA) is 98.2 Å². The summed E-state index contributed by atoms with van der Waals surface area (Å²) in [5, 5.41) is 7.56. The zero-order valence-electron chi connectivity index (χ0n) is 19.5. The van der Waals surface area contributed by atoms with Gasteiger partial charge in [0.1, 0.15) is 16.9 Å². The molecular formula is C28H26N6O. The number of nitrogen functional groups attached to an aromatic ring is 1. The first-order valence-corrected chi connectivity index (χ1v) is 11.6. The normalized spacial score (nSPS) is 11.5. The number of carbonyl (C=O) groups is 1. The van der Waals surface area contributed by atoms with Gasteiger partial charge in [0.2, 0.25) is 0 Å². The van der Waals surface area contributed by atoms with Crippen LogP contribution in [0.3, 0.4) is 0 Å². The van der Waals surface area contributed by atoms with Crippen LogP contribution in [0, 0.1) is 6.92 Å². The van der Waals surface area contributed by atoms with Crippen molar-refractivity contribution in [1.29, 1.82) is 0 Å². The summed E-state index contributed by atoms with van der Waals surface area (Å²) in [4.78, 5) is 22.7. The van der Waals surface area contributed by atoms with E-state index in [1.54, 1.807) is 6.21 Å². The van der Waals surface area contributed by atoms with Gasteiger partial charge in [0, 0.05) is 6.54 Å². The molecule has 1 amide bonds. The molecule has 0 spiro atoms. The maximum absolute atomic E-state index is 13.2. The first-order chi connectivity index (χ1) is 17.1. The van der Waals surface area contributed by atoms with Crippen molar-refractivity contribution in [3.8, 4) is 0 Å². The van der Waals surface area contributed by atoms with Crippen LogP contribution < -0.4 is 11.1 Å². The van der Waals surface area contributed by atoms with Gasteiger partial charge in [-0.15, -0.1) is 0 Å². The average Bonchev–Trinajstić information content (AvgIpc) is 3.15. The van der Waals surface area contributed by atoms with Crippen LogP contribution in [-0.2, 0) is 6.42 Å². The Hall–Kier alpha value is -4.52. The fourth-order valence-electron chi connectivity index (χ4n) is 3.99. The standard InChI is InChI=1S/C28H26N6O/c1-19-13-15-21(16-14-19)18-31-34-26(29)24(25-27(34)33-23-12-6-5-11-22(23)32-25)28(35)30-17-7-10-20-8-3-2-4-9-20/h2-6,8-9,11-16,18H,7,10,17,29H2,1H3,(H,30,35)/b31-18-. The molecule has 3 aromatic carbocycles. The van der Waals surface area contributed by atoms with Crippen LogP contribution in [0.4, 0.5) is 5.82 Å². The molecule has 2 heterocycles. The van der Waals surface area contributed by atoms with Gasteiger partial charge in [0.25, 0.3) is 5.91 Å². The average molecular weight is 463 g/mol. The smallest absolute Gasteiger partial charge is 0.257 e. The van der Waals surface area contributed by atoms with Crippen molar-refractivity contribution >= 4 is 40.1 Å². The van der Waals surface area contributed by atoms with E-state index >= 15 is 0 Å². The lowest BCUT2D eigenvalue weighted by atomic mass is 10.1. The molecule has 0 saturated carbocycles. The SMILES string of the molecule is Cc1ccc(/C=N\n2c(N)c(C(=O)NCCCc3ccccc3)c3nc4ccccc4nc32)cc1. The maximum Gasteiger partial charge on any atom is 0.257 e. The van der Waals surface area contributed by atoms with Crippen LogP contribution in [0.1, 0.15) is 33.5 Å². The highest BCUT2D eigenvalue weighted by Crippen LogP contribution is 2.27. The highest BCUT2D eigenvalue weighted by atomic mass is 16.1. The van der Waals surface area contributed by atoms with Crippen LogP contribution in [0.15, 0.2) is 84.0 Å². The van der Waals surface area contributed by atoms with Crippen molar-refractivity contribution in [2.45, 2.75) is 19.8 Å². The minimum Gasteiger partial charge on any atom is -0.383 e. The third kappa shape index (κ3) is 4.75. The number of para-hydroxylation sites is 2. The van der Waals surface area contributed by atoms with Gasteiger partial charge >= 0.3 is 0 Å². The highest BCUT2D eigenvalue weighted by Gasteiger charge is 2.23. The lowest BCUT2D eigenvalue weighted by molar-refractivity contribution is 0.0955. The van der Waals surface area contributed by atoms with Gasteiger partial charge in [-0.05, 0) is 43.0 Å². The molecule has 7 heteroatoms. The lowest BCUT2D eigenvalue weighted by Crippen LogP contribution is -2.25. The predicted octanol–water partition coefficient (Wildman–Crippen LogP) is 4.72. The van der Waals surface area contributed by atoms with Crippen LogP contribution >= 0.6 is 0 Å². The number of hydrogen-bond donors (Lipinski definition) is 2. The van der Waals surface area contributed by atoms with Gasteiger partial charge in [0.05, 0.1) is 17.2 Å². The first-order valence-electron chi connectivity index (χ1n) is 11.6. The number of hydrogen-bond acceptors (Lipinski definition) is 5. The van der Waals surface area contributed by atoms with Crippen LogP contribution in [0.2, 0.25) is 0 Å². The second kappa shape index (κ2) is 9.77. The summed E-state index contributed by atoms with van der Waals surface area (Å²) < 4.78 is 1.49. The number of anilines is 1. The van der Waals surface area contributed by atoms with E-state index in [1.807, 2.05) is 73.7 Å². The molecule has 35 heavy (non-hydrogen) atoms. The second-order valence-corrected chi connectivity index (χ2v) is 8.46. The molecule has 0 aliphatic heterocycles. The second-order valence-electron chi connectivity index (χ2n) is 8.46. The number of benzene rings is 3. The Labute approximate surface area is 203 Å². The summed E-state index contributed by atoms with van der Waals surface area (Å²) in [6, 6.07) is 25.7. The van der Waals surface area contributed by atoms with Gasteiger partial charge in [-0.3, -0.25) is 4.79 Å². The van der Waals surface area contributed by atoms with E-state index in [9.17, 15) is 4.79 Å². The Morgan fingerprint density at radius 3 is 2.40 bits per heavy atom. The van der Waals surface area contributed by atoms with Crippen LogP contribution in [0.25, 0.3) is 22.2 Å². The molecule has 0 unspecified atom stereocenters. The van der Waals surface area contributed by atoms with Gasteiger partial charge in [-0.25, -0.2) is 9.97 Å². The molecule has 0 saturated heterocycles. The van der Waals surface area contributed by atoms with E-state index < -0.39 is 0 Å². The molecule has 0 atom stereocenters. The molecule has 0 bridgehead atoms. The fourth-order valence-corrected chi connectivity index (χ4v) is 3.99. The van der Waals surface area contributed by atoms with Gasteiger partial charge in [-0.2, -0.15) is 9.78 Å². The third-order valence-corrected chi connectivity index (χ3v) is 5.87. The number of aromatic nitrogens is 3. The fraction of sp³-hybridized carbons (Fsp3) is 0.143. The van der Waals surface area contributed by atoms with Crippen molar-refractivity contribution < 1.29 is 4.79 Å². The number of nitrogens with zero attached hydrogens (tertiary/aromatic N) is 4. The molecule has 0 radical (unpaired) electrons. The van der Waals surface area contributed by atoms with Crippen molar-refractivity contribution in [3.05, 3.63) is 101 Å². The van der Waals surface area contributed by atoms with Crippen molar-refractivity contribution in [2.24, 2.45) is 5.10 Å². The lowest BCUT2D eigenvalue weighted by Gasteiger charge is -2.06. The van der Waals surface area contributed by atoms with E-state index in [0.717, 1.165) is 24.0 Å². The largest absolute Gasteiger partial charge is 0.383 e. The van der Waals surface area contributed by atoms with Crippen molar-refractivity contribution in [3.63, 3.8) is 0 Å². The van der Waals surface area contributed by atoms with Gasteiger partial charge < -0.3 is 11.1 Å². The third-order valence-electron chi connectivity index (χ3n) is 5.87. The molecular weight excluding hydrogens is 436 g/mol. The number of aryl methyl sites for hydroxylation is 2. The van der Waals surface area contributed by atoms with E-state index in [-0.39, 0.29) is 11.7 Å².